The van der Waals surface area contributed by atoms with Crippen LogP contribution in [0.25, 0.3) is 0 Å². The van der Waals surface area contributed by atoms with Crippen LogP contribution in [0.4, 0.5) is 0 Å². The van der Waals surface area contributed by atoms with Gasteiger partial charge in [0.25, 0.3) is 0 Å². The van der Waals surface area contributed by atoms with Gasteiger partial charge >= 0.3 is 0 Å². The van der Waals surface area contributed by atoms with Crippen molar-refractivity contribution in [2.75, 3.05) is 6.54 Å². The first-order chi connectivity index (χ1) is 10.1. The van der Waals surface area contributed by atoms with Crippen molar-refractivity contribution in [3.63, 3.8) is 0 Å². The second kappa shape index (κ2) is 5.61. The predicted octanol–water partition coefficient (Wildman–Crippen LogP) is 2.05. The van der Waals surface area contributed by atoms with Crippen molar-refractivity contribution in [3.05, 3.63) is 48.0 Å². The van der Waals surface area contributed by atoms with Crippen LogP contribution in [0.15, 0.2) is 41.4 Å². The highest BCUT2D eigenvalue weighted by Gasteiger charge is 2.28. The topological polar surface area (TPSA) is 64.0 Å². The molecule has 1 saturated carbocycles. The van der Waals surface area contributed by atoms with E-state index in [2.05, 4.69) is 14.3 Å². The molecule has 112 valence electrons. The summed E-state index contributed by atoms with van der Waals surface area (Å²) in [6, 6.07) is 8.44. The first kappa shape index (κ1) is 14.3. The molecule has 0 amide bonds. The van der Waals surface area contributed by atoms with E-state index >= 15 is 0 Å². The number of aryl methyl sites for hydroxylation is 1. The van der Waals surface area contributed by atoms with Gasteiger partial charge in [0.15, 0.2) is 0 Å². The lowest BCUT2D eigenvalue weighted by Crippen LogP contribution is -2.28. The zero-order valence-corrected chi connectivity index (χ0v) is 12.8. The largest absolute Gasteiger partial charge is 0.331 e. The van der Waals surface area contributed by atoms with Gasteiger partial charge in [-0.3, -0.25) is 0 Å². The van der Waals surface area contributed by atoms with Crippen LogP contribution in [0, 0.1) is 6.92 Å². The Balaban J connectivity index is 1.65. The number of hydrogen-bond donors (Lipinski definition) is 1. The highest BCUT2D eigenvalue weighted by Crippen LogP contribution is 2.39. The smallest absolute Gasteiger partial charge is 0.240 e. The molecule has 1 heterocycles. The molecule has 21 heavy (non-hydrogen) atoms. The Morgan fingerprint density at radius 3 is 2.67 bits per heavy atom. The van der Waals surface area contributed by atoms with Gasteiger partial charge in [0.2, 0.25) is 10.0 Å². The van der Waals surface area contributed by atoms with Crippen molar-refractivity contribution >= 4 is 10.0 Å². The van der Waals surface area contributed by atoms with Crippen LogP contribution in [0.1, 0.15) is 30.3 Å². The lowest BCUT2D eigenvalue weighted by Gasteiger charge is -2.11. The molecule has 2 aromatic rings. The van der Waals surface area contributed by atoms with Gasteiger partial charge in [0, 0.05) is 30.9 Å². The number of benzene rings is 1. The summed E-state index contributed by atoms with van der Waals surface area (Å²) in [7, 11) is -3.43. The highest BCUT2D eigenvalue weighted by atomic mass is 32.2. The molecule has 0 bridgehead atoms. The maximum absolute atomic E-state index is 12.1. The van der Waals surface area contributed by atoms with Gasteiger partial charge < -0.3 is 4.57 Å². The lowest BCUT2D eigenvalue weighted by atomic mass is 10.4. The van der Waals surface area contributed by atoms with Crippen molar-refractivity contribution in [1.82, 2.24) is 14.3 Å². The molecule has 0 aliphatic heterocycles. The minimum atomic E-state index is -3.43. The molecule has 1 aliphatic rings. The Morgan fingerprint density at radius 2 is 2.00 bits per heavy atom. The fraction of sp³-hybridized carbons (Fsp3) is 0.400. The van der Waals surface area contributed by atoms with Gasteiger partial charge in [-0.05, 0) is 31.9 Å². The van der Waals surface area contributed by atoms with E-state index in [9.17, 15) is 8.42 Å². The maximum atomic E-state index is 12.1. The zero-order chi connectivity index (χ0) is 14.9. The summed E-state index contributed by atoms with van der Waals surface area (Å²) in [5.41, 5.74) is 1.08. The van der Waals surface area contributed by atoms with Gasteiger partial charge in [-0.1, -0.05) is 18.2 Å². The summed E-state index contributed by atoms with van der Waals surface area (Å²) in [5.74, 6) is 1.65. The van der Waals surface area contributed by atoms with Crippen LogP contribution in [-0.4, -0.2) is 24.5 Å². The molecule has 3 rings (SSSR count). The van der Waals surface area contributed by atoms with Gasteiger partial charge in [0.1, 0.15) is 5.82 Å². The van der Waals surface area contributed by atoms with Crippen molar-refractivity contribution in [1.29, 1.82) is 0 Å². The molecular formula is C15H19N3O2S. The highest BCUT2D eigenvalue weighted by molar-refractivity contribution is 7.89. The fourth-order valence-corrected chi connectivity index (χ4v) is 3.45. The number of rotatable bonds is 6. The maximum Gasteiger partial charge on any atom is 0.240 e. The Morgan fingerprint density at radius 1 is 1.29 bits per heavy atom. The van der Waals surface area contributed by atoms with Crippen molar-refractivity contribution in [2.45, 2.75) is 37.1 Å². The van der Waals surface area contributed by atoms with E-state index in [0.29, 0.717) is 23.9 Å². The Bertz CT molecular complexity index is 719. The van der Waals surface area contributed by atoms with Gasteiger partial charge in [0.05, 0.1) is 4.90 Å². The third-order valence-electron chi connectivity index (χ3n) is 3.71. The summed E-state index contributed by atoms with van der Waals surface area (Å²) < 4.78 is 29.0. The SMILES string of the molecule is Cc1cnc(C2CC2)n1CCNS(=O)(=O)c1ccccc1. The van der Waals surface area contributed by atoms with E-state index in [4.69, 9.17) is 0 Å². The number of hydrogen-bond acceptors (Lipinski definition) is 3. The summed E-state index contributed by atoms with van der Waals surface area (Å²) in [6.07, 6.45) is 4.23. The molecule has 0 atom stereocenters. The summed E-state index contributed by atoms with van der Waals surface area (Å²) in [5, 5.41) is 0. The van der Waals surface area contributed by atoms with E-state index in [0.717, 1.165) is 11.5 Å². The first-order valence-corrected chi connectivity index (χ1v) is 8.63. The zero-order valence-electron chi connectivity index (χ0n) is 12.0. The minimum Gasteiger partial charge on any atom is -0.331 e. The van der Waals surface area contributed by atoms with Gasteiger partial charge in [-0.25, -0.2) is 18.1 Å². The third kappa shape index (κ3) is 3.16. The van der Waals surface area contributed by atoms with Crippen LogP contribution in [0.5, 0.6) is 0 Å². The molecule has 0 unspecified atom stereocenters. The third-order valence-corrected chi connectivity index (χ3v) is 5.19. The monoisotopic (exact) mass is 305 g/mol. The van der Waals surface area contributed by atoms with Gasteiger partial charge in [-0.2, -0.15) is 0 Å². The Kier molecular flexibility index (Phi) is 3.82. The molecule has 1 fully saturated rings. The average Bonchev–Trinajstić information content (AvgIpc) is 3.25. The van der Waals surface area contributed by atoms with E-state index in [1.165, 1.54) is 12.8 Å². The second-order valence-corrected chi connectivity index (χ2v) is 7.16. The van der Waals surface area contributed by atoms with Crippen LogP contribution in [0.2, 0.25) is 0 Å². The van der Waals surface area contributed by atoms with E-state index in [1.54, 1.807) is 30.3 Å². The molecule has 0 spiro atoms. The lowest BCUT2D eigenvalue weighted by molar-refractivity contribution is 0.566. The first-order valence-electron chi connectivity index (χ1n) is 7.14. The molecule has 6 heteroatoms. The van der Waals surface area contributed by atoms with Crippen molar-refractivity contribution < 1.29 is 8.42 Å². The Hall–Kier alpha value is -1.66. The molecule has 1 aromatic carbocycles. The normalized spacial score (nSPS) is 15.3. The standard InChI is InChI=1S/C15H19N3O2S/c1-12-11-16-15(13-7-8-13)18(12)10-9-17-21(19,20)14-5-3-2-4-6-14/h2-6,11,13,17H,7-10H2,1H3. The van der Waals surface area contributed by atoms with Crippen molar-refractivity contribution in [2.24, 2.45) is 0 Å². The van der Waals surface area contributed by atoms with E-state index < -0.39 is 10.0 Å². The molecule has 0 saturated heterocycles. The summed E-state index contributed by atoms with van der Waals surface area (Å²) in [6.45, 7) is 2.99. The number of aromatic nitrogens is 2. The Labute approximate surface area is 125 Å². The quantitative estimate of drug-likeness (QED) is 0.888. The average molecular weight is 305 g/mol. The number of imidazole rings is 1. The number of nitrogens with one attached hydrogen (secondary N) is 1. The van der Waals surface area contributed by atoms with Crippen LogP contribution in [-0.2, 0) is 16.6 Å². The molecule has 1 aromatic heterocycles. The second-order valence-electron chi connectivity index (χ2n) is 5.39. The van der Waals surface area contributed by atoms with Crippen molar-refractivity contribution in [3.8, 4) is 0 Å². The fourth-order valence-electron chi connectivity index (χ4n) is 2.41. The molecule has 0 radical (unpaired) electrons. The molecule has 1 N–H and O–H groups in total. The predicted molar refractivity (Wildman–Crippen MR) is 80.6 cm³/mol. The molecular weight excluding hydrogens is 286 g/mol. The van der Waals surface area contributed by atoms with E-state index in [-0.39, 0.29) is 0 Å². The van der Waals surface area contributed by atoms with E-state index in [1.807, 2.05) is 13.1 Å². The number of sulfonamides is 1. The molecule has 1 aliphatic carbocycles. The molecule has 5 nitrogen and oxygen atoms in total. The number of nitrogens with zero attached hydrogens (tertiary/aromatic N) is 2. The van der Waals surface area contributed by atoms with Crippen LogP contribution >= 0.6 is 0 Å². The minimum absolute atomic E-state index is 0.301. The van der Waals surface area contributed by atoms with Gasteiger partial charge in [-0.15, -0.1) is 0 Å². The summed E-state index contributed by atoms with van der Waals surface area (Å²) >= 11 is 0. The van der Waals surface area contributed by atoms with Crippen LogP contribution < -0.4 is 4.72 Å². The van der Waals surface area contributed by atoms with Crippen LogP contribution in [0.3, 0.4) is 0 Å². The summed E-state index contributed by atoms with van der Waals surface area (Å²) in [4.78, 5) is 4.74.